The Morgan fingerprint density at radius 3 is 1.96 bits per heavy atom. The van der Waals surface area contributed by atoms with Crippen molar-refractivity contribution in [2.45, 2.75) is 6.92 Å². The number of esters is 1. The SMILES string of the molecule is CCOC(=O)c1noc2cc(F)ccc12.O=C(O)c1noc2cc(F)ccc12. The highest BCUT2D eigenvalue weighted by molar-refractivity contribution is 6.01. The van der Waals surface area contributed by atoms with Crippen LogP contribution in [0.4, 0.5) is 8.78 Å². The number of halogens is 2. The molecule has 0 bridgehead atoms. The number of hydrogen-bond donors (Lipinski definition) is 1. The molecule has 0 fully saturated rings. The molecule has 0 aliphatic carbocycles. The van der Waals surface area contributed by atoms with Gasteiger partial charge in [-0.2, -0.15) is 0 Å². The minimum atomic E-state index is -1.19. The Morgan fingerprint density at radius 2 is 1.46 bits per heavy atom. The number of ether oxygens (including phenoxy) is 1. The first-order chi connectivity index (χ1) is 13.4. The number of hydrogen-bond acceptors (Lipinski definition) is 7. The number of aromatic nitrogens is 2. The van der Waals surface area contributed by atoms with Gasteiger partial charge in [0, 0.05) is 12.1 Å². The van der Waals surface area contributed by atoms with Crippen LogP contribution in [-0.2, 0) is 4.74 Å². The molecule has 2 aromatic carbocycles. The summed E-state index contributed by atoms with van der Waals surface area (Å²) in [5.41, 5.74) is 0.248. The number of fused-ring (bicyclic) bond motifs is 2. The van der Waals surface area contributed by atoms with Crippen molar-refractivity contribution in [3.8, 4) is 0 Å². The number of carbonyl (C=O) groups is 2. The van der Waals surface area contributed by atoms with E-state index in [9.17, 15) is 18.4 Å². The van der Waals surface area contributed by atoms with Crippen molar-refractivity contribution in [2.75, 3.05) is 6.61 Å². The molecule has 4 aromatic rings. The Bertz CT molecular complexity index is 1170. The van der Waals surface area contributed by atoms with E-state index in [1.54, 1.807) is 6.92 Å². The smallest absolute Gasteiger partial charge is 0.361 e. The third-order valence-corrected chi connectivity index (χ3v) is 3.54. The lowest BCUT2D eigenvalue weighted by Gasteiger charge is -1.96. The molecule has 144 valence electrons. The molecule has 0 amide bonds. The number of benzene rings is 2. The van der Waals surface area contributed by atoms with E-state index in [0.29, 0.717) is 10.8 Å². The average Bonchev–Trinajstić information content (AvgIpc) is 3.25. The second-order valence-corrected chi connectivity index (χ2v) is 5.37. The summed E-state index contributed by atoms with van der Waals surface area (Å²) in [7, 11) is 0. The molecule has 0 radical (unpaired) electrons. The summed E-state index contributed by atoms with van der Waals surface area (Å²) in [6.07, 6.45) is 0. The van der Waals surface area contributed by atoms with Crippen molar-refractivity contribution in [1.82, 2.24) is 10.3 Å². The highest BCUT2D eigenvalue weighted by atomic mass is 19.1. The van der Waals surface area contributed by atoms with Crippen LogP contribution in [0.2, 0.25) is 0 Å². The predicted octanol–water partition coefficient (Wildman–Crippen LogP) is 3.81. The van der Waals surface area contributed by atoms with Crippen molar-refractivity contribution >= 4 is 33.9 Å². The van der Waals surface area contributed by atoms with Crippen molar-refractivity contribution in [3.63, 3.8) is 0 Å². The first-order valence-corrected chi connectivity index (χ1v) is 7.91. The van der Waals surface area contributed by atoms with Crippen LogP contribution in [0.25, 0.3) is 21.9 Å². The topological polar surface area (TPSA) is 116 Å². The van der Waals surface area contributed by atoms with Gasteiger partial charge in [-0.25, -0.2) is 18.4 Å². The number of carbonyl (C=O) groups excluding carboxylic acids is 1. The minimum absolute atomic E-state index is 0.0758. The van der Waals surface area contributed by atoms with Crippen LogP contribution in [0.15, 0.2) is 45.4 Å². The van der Waals surface area contributed by atoms with Gasteiger partial charge in [0.1, 0.15) is 11.6 Å². The van der Waals surface area contributed by atoms with Gasteiger partial charge in [-0.3, -0.25) is 0 Å². The highest BCUT2D eigenvalue weighted by Crippen LogP contribution is 2.20. The quantitative estimate of drug-likeness (QED) is 0.525. The third kappa shape index (κ3) is 3.80. The van der Waals surface area contributed by atoms with Crippen molar-refractivity contribution in [1.29, 1.82) is 0 Å². The van der Waals surface area contributed by atoms with E-state index in [2.05, 4.69) is 14.8 Å². The molecule has 28 heavy (non-hydrogen) atoms. The third-order valence-electron chi connectivity index (χ3n) is 3.54. The van der Waals surface area contributed by atoms with Gasteiger partial charge in [-0.1, -0.05) is 10.3 Å². The maximum absolute atomic E-state index is 12.8. The van der Waals surface area contributed by atoms with Crippen molar-refractivity contribution < 1.29 is 37.3 Å². The molecule has 2 heterocycles. The molecule has 0 saturated carbocycles. The molecule has 0 saturated heterocycles. The second kappa shape index (κ2) is 7.82. The minimum Gasteiger partial charge on any atom is -0.476 e. The highest BCUT2D eigenvalue weighted by Gasteiger charge is 2.17. The number of nitrogens with zero attached hydrogens (tertiary/aromatic N) is 2. The molecule has 2 aromatic heterocycles. The van der Waals surface area contributed by atoms with E-state index >= 15 is 0 Å². The normalized spacial score (nSPS) is 10.5. The van der Waals surface area contributed by atoms with E-state index in [0.717, 1.165) is 12.1 Å². The van der Waals surface area contributed by atoms with Gasteiger partial charge in [0.25, 0.3) is 0 Å². The molecule has 4 rings (SSSR count). The van der Waals surface area contributed by atoms with Gasteiger partial charge in [0.15, 0.2) is 22.6 Å². The standard InChI is InChI=1S/C10H8FNO3.C8H4FNO3/c1-2-14-10(13)9-7-4-3-6(11)5-8(7)15-12-9;9-4-1-2-5-6(3-4)13-10-7(5)8(11)12/h3-5H,2H2,1H3;1-3H,(H,11,12). The van der Waals surface area contributed by atoms with Crippen LogP contribution in [0.1, 0.15) is 27.9 Å². The molecule has 0 aliphatic heterocycles. The number of aromatic carboxylic acids is 1. The fourth-order valence-corrected chi connectivity index (χ4v) is 2.32. The molecule has 10 heteroatoms. The Hall–Kier alpha value is -3.82. The molecule has 1 N–H and O–H groups in total. The van der Waals surface area contributed by atoms with Crippen LogP contribution < -0.4 is 0 Å². The Kier molecular flexibility index (Phi) is 5.30. The monoisotopic (exact) mass is 390 g/mol. The lowest BCUT2D eigenvalue weighted by Crippen LogP contribution is -2.05. The van der Waals surface area contributed by atoms with Crippen LogP contribution in [0.3, 0.4) is 0 Å². The van der Waals surface area contributed by atoms with Crippen LogP contribution >= 0.6 is 0 Å². The number of rotatable bonds is 3. The maximum Gasteiger partial charge on any atom is 0.361 e. The summed E-state index contributed by atoms with van der Waals surface area (Å²) in [6, 6.07) is 7.42. The lowest BCUT2D eigenvalue weighted by atomic mass is 10.2. The molecular weight excluding hydrogens is 378 g/mol. The van der Waals surface area contributed by atoms with Gasteiger partial charge >= 0.3 is 11.9 Å². The second-order valence-electron chi connectivity index (χ2n) is 5.37. The zero-order valence-electron chi connectivity index (χ0n) is 14.3. The lowest BCUT2D eigenvalue weighted by molar-refractivity contribution is 0.0516. The fraction of sp³-hybridized carbons (Fsp3) is 0.111. The number of carboxylic acids is 1. The first-order valence-electron chi connectivity index (χ1n) is 7.91. The molecule has 8 nitrogen and oxygen atoms in total. The summed E-state index contributed by atoms with van der Waals surface area (Å²) >= 11 is 0. The number of carboxylic acid groups (broad SMARTS) is 1. The Morgan fingerprint density at radius 1 is 0.964 bits per heavy atom. The summed E-state index contributed by atoms with van der Waals surface area (Å²) in [6.45, 7) is 1.95. The van der Waals surface area contributed by atoms with Gasteiger partial charge in [-0.05, 0) is 31.2 Å². The fourth-order valence-electron chi connectivity index (χ4n) is 2.32. The molecule has 0 unspecified atom stereocenters. The Labute approximate surface area is 155 Å². The molecule has 0 aliphatic rings. The molecule has 0 atom stereocenters. The summed E-state index contributed by atoms with van der Waals surface area (Å²) < 4.78 is 39.6. The average molecular weight is 390 g/mol. The summed E-state index contributed by atoms with van der Waals surface area (Å²) in [5.74, 6) is -2.68. The van der Waals surface area contributed by atoms with E-state index in [-0.39, 0.29) is 29.2 Å². The van der Waals surface area contributed by atoms with Gasteiger partial charge in [0.05, 0.1) is 17.4 Å². The molecule has 0 spiro atoms. The van der Waals surface area contributed by atoms with Crippen LogP contribution in [-0.4, -0.2) is 34.0 Å². The first kappa shape index (κ1) is 19.0. The summed E-state index contributed by atoms with van der Waals surface area (Å²) in [5, 5.41) is 16.2. The predicted molar refractivity (Wildman–Crippen MR) is 90.8 cm³/mol. The van der Waals surface area contributed by atoms with E-state index in [1.807, 2.05) is 0 Å². The zero-order valence-corrected chi connectivity index (χ0v) is 14.3. The van der Waals surface area contributed by atoms with Crippen LogP contribution in [0, 0.1) is 11.6 Å². The van der Waals surface area contributed by atoms with E-state index in [4.69, 9.17) is 14.4 Å². The van der Waals surface area contributed by atoms with Gasteiger partial charge in [0.2, 0.25) is 0 Å². The zero-order chi connectivity index (χ0) is 20.3. The van der Waals surface area contributed by atoms with Gasteiger partial charge in [-0.15, -0.1) is 0 Å². The van der Waals surface area contributed by atoms with Crippen molar-refractivity contribution in [3.05, 3.63) is 59.4 Å². The van der Waals surface area contributed by atoms with E-state index in [1.165, 1.54) is 24.3 Å². The Balaban J connectivity index is 0.000000162. The van der Waals surface area contributed by atoms with Gasteiger partial charge < -0.3 is 18.9 Å². The largest absolute Gasteiger partial charge is 0.476 e. The summed E-state index contributed by atoms with van der Waals surface area (Å²) in [4.78, 5) is 21.9. The maximum atomic E-state index is 12.8. The van der Waals surface area contributed by atoms with Crippen LogP contribution in [0.5, 0.6) is 0 Å². The van der Waals surface area contributed by atoms with E-state index < -0.39 is 23.6 Å². The molecular formula is C18H12F2N2O6. The van der Waals surface area contributed by atoms with Crippen molar-refractivity contribution in [2.24, 2.45) is 0 Å².